The minimum absolute atomic E-state index is 0.000931. The molecule has 0 radical (unpaired) electrons. The van der Waals surface area contributed by atoms with Crippen molar-refractivity contribution in [3.63, 3.8) is 0 Å². The summed E-state index contributed by atoms with van der Waals surface area (Å²) in [6.45, 7) is 5.57. The monoisotopic (exact) mass is 435 g/mol. The van der Waals surface area contributed by atoms with Crippen molar-refractivity contribution in [3.05, 3.63) is 69.5 Å². The van der Waals surface area contributed by atoms with Gasteiger partial charge in [-0.25, -0.2) is 4.98 Å². The van der Waals surface area contributed by atoms with Crippen LogP contribution < -0.4 is 5.32 Å². The van der Waals surface area contributed by atoms with Crippen LogP contribution in [0.5, 0.6) is 0 Å². The van der Waals surface area contributed by atoms with Crippen LogP contribution in [0.4, 0.5) is 11.4 Å². The highest BCUT2D eigenvalue weighted by atomic mass is 32.1. The van der Waals surface area contributed by atoms with Gasteiger partial charge in [0, 0.05) is 17.7 Å². The first-order chi connectivity index (χ1) is 14.8. The van der Waals surface area contributed by atoms with Crippen LogP contribution in [-0.2, 0) is 11.3 Å². The molecule has 158 valence electrons. The molecule has 1 N–H and O–H groups in total. The number of thiazole rings is 1. The number of aromatic nitrogens is 3. The first kappa shape index (κ1) is 20.7. The van der Waals surface area contributed by atoms with Gasteiger partial charge in [-0.3, -0.25) is 19.6 Å². The third-order valence-corrected chi connectivity index (χ3v) is 6.10. The molecule has 0 aliphatic carbocycles. The molecule has 0 bridgehead atoms. The number of carbonyl (C=O) groups is 1. The van der Waals surface area contributed by atoms with Gasteiger partial charge in [-0.2, -0.15) is 5.10 Å². The molecule has 0 saturated carbocycles. The van der Waals surface area contributed by atoms with Gasteiger partial charge in [-0.15, -0.1) is 11.3 Å². The number of aryl methyl sites for hydroxylation is 3. The van der Waals surface area contributed by atoms with E-state index in [0.29, 0.717) is 17.1 Å². The zero-order valence-electron chi connectivity index (χ0n) is 17.4. The molecule has 9 heteroatoms. The lowest BCUT2D eigenvalue weighted by atomic mass is 10.2. The molecule has 2 aromatic heterocycles. The average Bonchev–Trinajstić information content (AvgIpc) is 3.26. The summed E-state index contributed by atoms with van der Waals surface area (Å²) < 4.78 is 2.65. The number of nitro groups is 1. The Morgan fingerprint density at radius 2 is 1.90 bits per heavy atom. The number of carbonyl (C=O) groups excluding carboxylic acids is 1. The average molecular weight is 436 g/mol. The molecule has 2 aromatic carbocycles. The van der Waals surface area contributed by atoms with Crippen LogP contribution in [0, 0.1) is 30.9 Å². The number of fused-ring (bicyclic) bond motifs is 1. The topological polar surface area (TPSA) is 103 Å². The van der Waals surface area contributed by atoms with E-state index in [9.17, 15) is 14.9 Å². The zero-order chi connectivity index (χ0) is 22.1. The number of anilines is 1. The van der Waals surface area contributed by atoms with E-state index in [0.717, 1.165) is 20.8 Å². The molecule has 0 fully saturated rings. The van der Waals surface area contributed by atoms with Gasteiger partial charge in [0.1, 0.15) is 16.4 Å². The predicted molar refractivity (Wildman–Crippen MR) is 121 cm³/mol. The van der Waals surface area contributed by atoms with Gasteiger partial charge < -0.3 is 5.32 Å². The second-order valence-electron chi connectivity index (χ2n) is 7.37. The number of nitrogens with one attached hydrogen (secondary N) is 1. The van der Waals surface area contributed by atoms with E-state index in [1.165, 1.54) is 10.2 Å². The molecule has 4 rings (SSSR count). The van der Waals surface area contributed by atoms with Gasteiger partial charge in [-0.1, -0.05) is 6.07 Å². The fourth-order valence-corrected chi connectivity index (χ4v) is 4.52. The van der Waals surface area contributed by atoms with E-state index in [4.69, 9.17) is 0 Å². The Bertz CT molecular complexity index is 1290. The highest BCUT2D eigenvalue weighted by Gasteiger charge is 2.21. The first-order valence-electron chi connectivity index (χ1n) is 9.77. The number of rotatable bonds is 6. The highest BCUT2D eigenvalue weighted by Crippen LogP contribution is 2.31. The van der Waals surface area contributed by atoms with Crippen molar-refractivity contribution in [1.29, 1.82) is 0 Å². The summed E-state index contributed by atoms with van der Waals surface area (Å²) in [5.74, 6) is -0.182. The van der Waals surface area contributed by atoms with Crippen LogP contribution in [0.3, 0.4) is 0 Å². The molecule has 4 aromatic rings. The Balaban J connectivity index is 1.40. The molecular weight excluding hydrogens is 414 g/mol. The van der Waals surface area contributed by atoms with Crippen LogP contribution in [0.2, 0.25) is 0 Å². The van der Waals surface area contributed by atoms with Crippen LogP contribution in [0.1, 0.15) is 23.4 Å². The molecule has 1 amide bonds. The Morgan fingerprint density at radius 1 is 1.16 bits per heavy atom. The van der Waals surface area contributed by atoms with E-state index in [1.807, 2.05) is 30.3 Å². The zero-order valence-corrected chi connectivity index (χ0v) is 18.2. The van der Waals surface area contributed by atoms with Gasteiger partial charge in [0.05, 0.1) is 21.7 Å². The number of benzene rings is 2. The summed E-state index contributed by atoms with van der Waals surface area (Å²) in [5, 5.41) is 19.1. The van der Waals surface area contributed by atoms with Gasteiger partial charge >= 0.3 is 5.69 Å². The second-order valence-corrected chi connectivity index (χ2v) is 8.40. The normalized spacial score (nSPS) is 11.1. The molecule has 0 unspecified atom stereocenters. The molecule has 0 saturated heterocycles. The van der Waals surface area contributed by atoms with Gasteiger partial charge in [-0.05, 0) is 62.7 Å². The van der Waals surface area contributed by atoms with Crippen molar-refractivity contribution in [2.45, 2.75) is 33.7 Å². The lowest BCUT2D eigenvalue weighted by Crippen LogP contribution is -2.15. The second kappa shape index (κ2) is 8.27. The quantitative estimate of drug-likeness (QED) is 0.338. The Hall–Kier alpha value is -3.59. The SMILES string of the molecule is Cc1ccc2nc(-c3ccc(NC(=O)CCn4nc(C)c([N+](=O)[O-])c4C)cc3)sc2c1. The van der Waals surface area contributed by atoms with Gasteiger partial charge in [0.15, 0.2) is 0 Å². The van der Waals surface area contributed by atoms with Crippen molar-refractivity contribution in [2.24, 2.45) is 0 Å². The smallest absolute Gasteiger partial charge is 0.312 e. The molecule has 31 heavy (non-hydrogen) atoms. The van der Waals surface area contributed by atoms with E-state index in [1.54, 1.807) is 25.2 Å². The van der Waals surface area contributed by atoms with Gasteiger partial charge in [0.2, 0.25) is 5.91 Å². The summed E-state index contributed by atoms with van der Waals surface area (Å²) in [6.07, 6.45) is 0.165. The minimum Gasteiger partial charge on any atom is -0.326 e. The fraction of sp³-hybridized carbons (Fsp3) is 0.227. The number of hydrogen-bond acceptors (Lipinski definition) is 6. The third kappa shape index (κ3) is 4.31. The van der Waals surface area contributed by atoms with Crippen molar-refractivity contribution >= 4 is 38.8 Å². The molecule has 8 nitrogen and oxygen atoms in total. The summed E-state index contributed by atoms with van der Waals surface area (Å²) in [7, 11) is 0. The van der Waals surface area contributed by atoms with Crippen LogP contribution in [0.15, 0.2) is 42.5 Å². The summed E-state index contributed by atoms with van der Waals surface area (Å²) in [5.41, 5.74) is 4.66. The molecule has 2 heterocycles. The number of hydrogen-bond donors (Lipinski definition) is 1. The van der Waals surface area contributed by atoms with E-state index in [2.05, 4.69) is 34.5 Å². The maximum atomic E-state index is 12.3. The number of nitrogens with zero attached hydrogens (tertiary/aromatic N) is 4. The highest BCUT2D eigenvalue weighted by molar-refractivity contribution is 7.21. The van der Waals surface area contributed by atoms with E-state index in [-0.39, 0.29) is 24.6 Å². The summed E-state index contributed by atoms with van der Waals surface area (Å²) >= 11 is 1.64. The fourth-order valence-electron chi connectivity index (χ4n) is 3.45. The molecule has 0 spiro atoms. The molecule has 0 aliphatic heterocycles. The predicted octanol–water partition coefficient (Wildman–Crippen LogP) is 5.02. The maximum absolute atomic E-state index is 12.3. The third-order valence-electron chi connectivity index (χ3n) is 5.04. The first-order valence-corrected chi connectivity index (χ1v) is 10.6. The van der Waals surface area contributed by atoms with Gasteiger partial charge in [0.25, 0.3) is 0 Å². The Labute approximate surface area is 182 Å². The number of amides is 1. The Morgan fingerprint density at radius 3 is 2.58 bits per heavy atom. The minimum atomic E-state index is -0.442. The van der Waals surface area contributed by atoms with Crippen LogP contribution >= 0.6 is 11.3 Å². The van der Waals surface area contributed by atoms with Crippen molar-refractivity contribution in [2.75, 3.05) is 5.32 Å². The molecule has 0 aliphatic rings. The lowest BCUT2D eigenvalue weighted by molar-refractivity contribution is -0.386. The van der Waals surface area contributed by atoms with E-state index >= 15 is 0 Å². The largest absolute Gasteiger partial charge is 0.326 e. The summed E-state index contributed by atoms with van der Waals surface area (Å²) in [6, 6.07) is 13.8. The lowest BCUT2D eigenvalue weighted by Gasteiger charge is -2.07. The molecule has 0 atom stereocenters. The maximum Gasteiger partial charge on any atom is 0.312 e. The van der Waals surface area contributed by atoms with Crippen molar-refractivity contribution < 1.29 is 9.72 Å². The van der Waals surface area contributed by atoms with E-state index < -0.39 is 4.92 Å². The van der Waals surface area contributed by atoms with Crippen LogP contribution in [0.25, 0.3) is 20.8 Å². The Kier molecular flexibility index (Phi) is 5.51. The molecular formula is C22H21N5O3S. The van der Waals surface area contributed by atoms with Crippen molar-refractivity contribution in [1.82, 2.24) is 14.8 Å². The van der Waals surface area contributed by atoms with Crippen molar-refractivity contribution in [3.8, 4) is 10.6 Å². The summed E-state index contributed by atoms with van der Waals surface area (Å²) in [4.78, 5) is 27.7. The standard InChI is InChI=1S/C22H21N5O3S/c1-13-4-9-18-19(12-13)31-22(24-18)16-5-7-17(8-6-16)23-20(28)10-11-26-15(3)21(27(29)30)14(2)25-26/h4-9,12H,10-11H2,1-3H3,(H,23,28). The van der Waals surface area contributed by atoms with Crippen LogP contribution in [-0.4, -0.2) is 25.6 Å².